The molecule has 0 saturated heterocycles. The van der Waals surface area contributed by atoms with E-state index in [1.54, 1.807) is 6.07 Å². The third kappa shape index (κ3) is 3.70. The maximum absolute atomic E-state index is 11.2. The van der Waals surface area contributed by atoms with Gasteiger partial charge in [0, 0.05) is 23.1 Å². The van der Waals surface area contributed by atoms with Crippen molar-refractivity contribution in [1.82, 2.24) is 9.97 Å². The minimum atomic E-state index is -0.454. The number of aryl methyl sites for hydroxylation is 1. The van der Waals surface area contributed by atoms with E-state index in [1.165, 1.54) is 19.2 Å². The van der Waals surface area contributed by atoms with Gasteiger partial charge < -0.3 is 10.1 Å². The van der Waals surface area contributed by atoms with E-state index in [4.69, 9.17) is 9.72 Å². The predicted molar refractivity (Wildman–Crippen MR) is 113 cm³/mol. The lowest BCUT2D eigenvalue weighted by atomic mass is 10.0. The van der Waals surface area contributed by atoms with E-state index in [9.17, 15) is 10.1 Å². The van der Waals surface area contributed by atoms with Crippen molar-refractivity contribution in [2.24, 2.45) is 0 Å². The first kappa shape index (κ1) is 18.4. The van der Waals surface area contributed by atoms with Gasteiger partial charge in [-0.2, -0.15) is 0 Å². The van der Waals surface area contributed by atoms with Crippen molar-refractivity contribution in [2.45, 2.75) is 6.92 Å². The molecule has 0 saturated carbocycles. The number of fused-ring (bicyclic) bond motifs is 1. The molecule has 7 heteroatoms. The number of hydrogen-bond donors (Lipinski definition) is 1. The van der Waals surface area contributed by atoms with Crippen LogP contribution >= 0.6 is 0 Å². The van der Waals surface area contributed by atoms with Gasteiger partial charge in [0.2, 0.25) is 5.95 Å². The monoisotopic (exact) mass is 386 g/mol. The first-order valence-corrected chi connectivity index (χ1v) is 8.98. The highest BCUT2D eigenvalue weighted by atomic mass is 16.6. The summed E-state index contributed by atoms with van der Waals surface area (Å²) in [5.41, 5.74) is 4.00. The highest BCUT2D eigenvalue weighted by Gasteiger charge is 2.15. The van der Waals surface area contributed by atoms with Gasteiger partial charge in [-0.15, -0.1) is 0 Å². The lowest BCUT2D eigenvalue weighted by Crippen LogP contribution is -2.02. The molecule has 0 atom stereocenters. The summed E-state index contributed by atoms with van der Waals surface area (Å²) >= 11 is 0. The summed E-state index contributed by atoms with van der Waals surface area (Å²) in [6, 6.07) is 20.2. The van der Waals surface area contributed by atoms with Crippen LogP contribution in [0.25, 0.3) is 22.2 Å². The van der Waals surface area contributed by atoms with E-state index < -0.39 is 4.92 Å². The Balaban J connectivity index is 1.87. The molecule has 0 bridgehead atoms. The molecule has 0 amide bonds. The van der Waals surface area contributed by atoms with Crippen LogP contribution in [0.15, 0.2) is 66.7 Å². The normalized spacial score (nSPS) is 10.7. The highest BCUT2D eigenvalue weighted by Crippen LogP contribution is 2.33. The van der Waals surface area contributed by atoms with Crippen LogP contribution < -0.4 is 10.1 Å². The van der Waals surface area contributed by atoms with Crippen LogP contribution in [0.2, 0.25) is 0 Å². The molecule has 4 rings (SSSR count). The Labute approximate surface area is 167 Å². The average Bonchev–Trinajstić information content (AvgIpc) is 2.74. The minimum absolute atomic E-state index is 0.0482. The first-order valence-electron chi connectivity index (χ1n) is 8.98. The number of benzene rings is 3. The number of nitro groups is 1. The zero-order valence-electron chi connectivity index (χ0n) is 15.9. The van der Waals surface area contributed by atoms with Gasteiger partial charge in [-0.25, -0.2) is 9.97 Å². The van der Waals surface area contributed by atoms with Crippen molar-refractivity contribution in [1.29, 1.82) is 0 Å². The molecule has 1 heterocycles. The molecule has 3 aromatic carbocycles. The second-order valence-corrected chi connectivity index (χ2v) is 6.55. The molecule has 29 heavy (non-hydrogen) atoms. The van der Waals surface area contributed by atoms with Gasteiger partial charge in [-0.3, -0.25) is 10.1 Å². The predicted octanol–water partition coefficient (Wildman–Crippen LogP) is 5.27. The van der Waals surface area contributed by atoms with Crippen molar-refractivity contribution in [3.63, 3.8) is 0 Å². The Kier molecular flexibility index (Phi) is 4.78. The molecular formula is C22H18N4O3. The van der Waals surface area contributed by atoms with Gasteiger partial charge in [0.1, 0.15) is 5.75 Å². The van der Waals surface area contributed by atoms with Crippen LogP contribution in [-0.2, 0) is 0 Å². The van der Waals surface area contributed by atoms with Crippen molar-refractivity contribution in [2.75, 3.05) is 12.4 Å². The molecule has 4 aromatic rings. The Morgan fingerprint density at radius 1 is 1.00 bits per heavy atom. The number of nitrogens with one attached hydrogen (secondary N) is 1. The summed E-state index contributed by atoms with van der Waals surface area (Å²) in [7, 11) is 1.51. The van der Waals surface area contributed by atoms with Gasteiger partial charge in [0.05, 0.1) is 28.9 Å². The number of methoxy groups -OCH3 is 1. The van der Waals surface area contributed by atoms with E-state index in [-0.39, 0.29) is 5.69 Å². The minimum Gasteiger partial charge on any atom is -0.495 e. The quantitative estimate of drug-likeness (QED) is 0.371. The summed E-state index contributed by atoms with van der Waals surface area (Å²) in [5, 5.41) is 15.2. The summed E-state index contributed by atoms with van der Waals surface area (Å²) in [5.74, 6) is 0.795. The number of nitrogens with zero attached hydrogens (tertiary/aromatic N) is 3. The highest BCUT2D eigenvalue weighted by molar-refractivity contribution is 5.93. The van der Waals surface area contributed by atoms with Crippen LogP contribution in [0.4, 0.5) is 17.3 Å². The van der Waals surface area contributed by atoms with Gasteiger partial charge in [-0.1, -0.05) is 42.0 Å². The van der Waals surface area contributed by atoms with E-state index in [2.05, 4.69) is 16.4 Å². The summed E-state index contributed by atoms with van der Waals surface area (Å²) in [4.78, 5) is 20.0. The third-order valence-corrected chi connectivity index (χ3v) is 4.54. The molecule has 0 fully saturated rings. The Morgan fingerprint density at radius 2 is 1.79 bits per heavy atom. The zero-order valence-corrected chi connectivity index (χ0v) is 15.9. The van der Waals surface area contributed by atoms with E-state index >= 15 is 0 Å². The SMILES string of the molecule is COc1ccc([N+](=O)[O-])cc1Nc1nc(-c2ccccc2)c2cc(C)ccc2n1. The molecular weight excluding hydrogens is 368 g/mol. The van der Waals surface area contributed by atoms with Gasteiger partial charge in [0.25, 0.3) is 5.69 Å². The molecule has 1 aromatic heterocycles. The summed E-state index contributed by atoms with van der Waals surface area (Å²) in [6.07, 6.45) is 0. The molecule has 0 aliphatic heterocycles. The van der Waals surface area contributed by atoms with Gasteiger partial charge >= 0.3 is 0 Å². The number of hydrogen-bond acceptors (Lipinski definition) is 6. The van der Waals surface area contributed by atoms with Crippen LogP contribution in [0, 0.1) is 17.0 Å². The molecule has 0 unspecified atom stereocenters. The average molecular weight is 386 g/mol. The number of anilines is 2. The lowest BCUT2D eigenvalue weighted by Gasteiger charge is -2.13. The van der Waals surface area contributed by atoms with Crippen LogP contribution in [0.3, 0.4) is 0 Å². The molecule has 0 radical (unpaired) electrons. The summed E-state index contributed by atoms with van der Waals surface area (Å²) < 4.78 is 5.33. The Bertz CT molecular complexity index is 1210. The van der Waals surface area contributed by atoms with E-state index in [0.717, 1.165) is 27.7 Å². The first-order chi connectivity index (χ1) is 14.0. The smallest absolute Gasteiger partial charge is 0.271 e. The van der Waals surface area contributed by atoms with Gasteiger partial charge in [0.15, 0.2) is 0 Å². The number of aromatic nitrogens is 2. The number of non-ortho nitro benzene ring substituents is 1. The van der Waals surface area contributed by atoms with Crippen molar-refractivity contribution >= 4 is 28.2 Å². The third-order valence-electron chi connectivity index (χ3n) is 4.54. The van der Waals surface area contributed by atoms with E-state index in [1.807, 2.05) is 49.4 Å². The molecule has 0 aliphatic carbocycles. The maximum atomic E-state index is 11.2. The number of ether oxygens (including phenoxy) is 1. The molecule has 0 aliphatic rings. The van der Waals surface area contributed by atoms with Crippen molar-refractivity contribution in [3.05, 3.63) is 82.4 Å². The molecule has 1 N–H and O–H groups in total. The fraction of sp³-hybridized carbons (Fsp3) is 0.0909. The second-order valence-electron chi connectivity index (χ2n) is 6.55. The van der Waals surface area contributed by atoms with Crippen LogP contribution in [0.1, 0.15) is 5.56 Å². The maximum Gasteiger partial charge on any atom is 0.271 e. The van der Waals surface area contributed by atoms with Crippen LogP contribution in [-0.4, -0.2) is 22.0 Å². The fourth-order valence-corrected chi connectivity index (χ4v) is 3.14. The van der Waals surface area contributed by atoms with E-state index in [0.29, 0.717) is 17.4 Å². The van der Waals surface area contributed by atoms with Crippen molar-refractivity contribution in [3.8, 4) is 17.0 Å². The van der Waals surface area contributed by atoms with Crippen LogP contribution in [0.5, 0.6) is 5.75 Å². The fourth-order valence-electron chi connectivity index (χ4n) is 3.14. The van der Waals surface area contributed by atoms with Gasteiger partial charge in [-0.05, 0) is 25.1 Å². The number of rotatable bonds is 5. The zero-order chi connectivity index (χ0) is 20.4. The lowest BCUT2D eigenvalue weighted by molar-refractivity contribution is -0.384. The Hall–Kier alpha value is -4.00. The standard InChI is InChI=1S/C22H18N4O3/c1-14-8-10-18-17(12-14)21(15-6-4-3-5-7-15)25-22(23-18)24-19-13-16(26(27)28)9-11-20(19)29-2/h3-13H,1-2H3,(H,23,24,25). The van der Waals surface area contributed by atoms with Crippen molar-refractivity contribution < 1.29 is 9.66 Å². The molecule has 7 nitrogen and oxygen atoms in total. The topological polar surface area (TPSA) is 90.2 Å². The largest absolute Gasteiger partial charge is 0.495 e. The molecule has 144 valence electrons. The summed E-state index contributed by atoms with van der Waals surface area (Å²) in [6.45, 7) is 2.02. The number of nitro benzene ring substituents is 1. The molecule has 0 spiro atoms. The second kappa shape index (κ2) is 7.55. The Morgan fingerprint density at radius 3 is 2.52 bits per heavy atom.